The average molecular weight is 330 g/mol. The minimum atomic E-state index is -3.38. The summed E-state index contributed by atoms with van der Waals surface area (Å²) in [4.78, 5) is 11.8. The zero-order chi connectivity index (χ0) is 16.8. The summed E-state index contributed by atoms with van der Waals surface area (Å²) in [5.74, 6) is 0.306. The van der Waals surface area contributed by atoms with Gasteiger partial charge in [-0.2, -0.15) is 4.31 Å². The third-order valence-electron chi connectivity index (χ3n) is 3.17. The van der Waals surface area contributed by atoms with Gasteiger partial charge in [-0.05, 0) is 17.7 Å². The van der Waals surface area contributed by atoms with Crippen LogP contribution in [0.15, 0.2) is 24.3 Å². The maximum Gasteiger partial charge on any atom is 0.235 e. The lowest BCUT2D eigenvalue weighted by atomic mass is 10.1. The number of carbonyl (C=O) groups is 1. The summed E-state index contributed by atoms with van der Waals surface area (Å²) < 4.78 is 34.0. The maximum atomic E-state index is 11.8. The number of nitrogens with zero attached hydrogens (tertiary/aromatic N) is 1. The fourth-order valence-corrected chi connectivity index (χ4v) is 2.11. The van der Waals surface area contributed by atoms with Gasteiger partial charge in [0.2, 0.25) is 15.9 Å². The van der Waals surface area contributed by atoms with Crippen molar-refractivity contribution in [1.29, 1.82) is 0 Å². The summed E-state index contributed by atoms with van der Waals surface area (Å²) in [6.07, 6.45) is 0.705. The van der Waals surface area contributed by atoms with Crippen molar-refractivity contribution in [1.82, 2.24) is 9.62 Å². The average Bonchev–Trinajstić information content (AvgIpc) is 2.47. The number of ether oxygens (including phenoxy) is 2. The molecule has 0 spiro atoms. The third kappa shape index (κ3) is 5.63. The second-order valence-electron chi connectivity index (χ2n) is 4.82. The van der Waals surface area contributed by atoms with E-state index in [4.69, 9.17) is 9.47 Å². The van der Waals surface area contributed by atoms with Crippen LogP contribution in [0.3, 0.4) is 0 Å². The Morgan fingerprint density at radius 3 is 2.59 bits per heavy atom. The number of hydrogen-bond donors (Lipinski definition) is 1. The third-order valence-corrected chi connectivity index (χ3v) is 4.43. The van der Waals surface area contributed by atoms with E-state index in [1.807, 2.05) is 24.3 Å². The van der Waals surface area contributed by atoms with Crippen LogP contribution >= 0.6 is 0 Å². The lowest BCUT2D eigenvalue weighted by Crippen LogP contribution is -2.39. The number of nitrogens with one attached hydrogen (secondary N) is 1. The highest BCUT2D eigenvalue weighted by molar-refractivity contribution is 7.88. The second kappa shape index (κ2) is 8.11. The number of benzene rings is 1. The van der Waals surface area contributed by atoms with Gasteiger partial charge in [-0.3, -0.25) is 4.79 Å². The lowest BCUT2D eigenvalue weighted by Gasteiger charge is -2.18. The number of likely N-dealkylation sites (N-methyl/N-ethyl adjacent to an activating group) is 1. The Morgan fingerprint density at radius 2 is 2.05 bits per heavy atom. The number of carbonyl (C=O) groups excluding carboxylic acids is 1. The molecule has 8 heteroatoms. The van der Waals surface area contributed by atoms with Gasteiger partial charge in [0, 0.05) is 20.7 Å². The highest BCUT2D eigenvalue weighted by Gasteiger charge is 2.17. The monoisotopic (exact) mass is 330 g/mol. The zero-order valence-electron chi connectivity index (χ0n) is 13.2. The first-order chi connectivity index (χ1) is 10.3. The SMILES string of the molecule is COc1cccc(C(CNC(=O)CN(C)S(C)(=O)=O)OC)c1. The van der Waals surface area contributed by atoms with Gasteiger partial charge >= 0.3 is 0 Å². The van der Waals surface area contributed by atoms with Crippen molar-refractivity contribution in [3.63, 3.8) is 0 Å². The van der Waals surface area contributed by atoms with E-state index in [2.05, 4.69) is 5.32 Å². The van der Waals surface area contributed by atoms with Crippen LogP contribution in [0.1, 0.15) is 11.7 Å². The van der Waals surface area contributed by atoms with E-state index in [1.165, 1.54) is 7.05 Å². The Bertz CT molecular complexity index is 603. The van der Waals surface area contributed by atoms with Crippen molar-refractivity contribution < 1.29 is 22.7 Å². The smallest absolute Gasteiger partial charge is 0.235 e. The molecule has 1 aromatic rings. The molecular formula is C14H22N2O5S. The number of methoxy groups -OCH3 is 2. The van der Waals surface area contributed by atoms with E-state index in [-0.39, 0.29) is 19.2 Å². The molecule has 0 saturated heterocycles. The van der Waals surface area contributed by atoms with Crippen molar-refractivity contribution in [3.8, 4) is 5.75 Å². The van der Waals surface area contributed by atoms with E-state index >= 15 is 0 Å². The van der Waals surface area contributed by atoms with Crippen LogP contribution in [0.4, 0.5) is 0 Å². The molecule has 1 rings (SSSR count). The number of sulfonamides is 1. The molecule has 1 aromatic carbocycles. The summed E-state index contributed by atoms with van der Waals surface area (Å²) in [5, 5.41) is 2.66. The first-order valence-corrected chi connectivity index (χ1v) is 8.47. The van der Waals surface area contributed by atoms with Crippen molar-refractivity contribution in [2.75, 3.05) is 40.6 Å². The molecule has 1 atom stereocenters. The molecule has 0 aliphatic heterocycles. The summed E-state index contributed by atoms with van der Waals surface area (Å²) in [6, 6.07) is 7.34. The first kappa shape index (κ1) is 18.4. The molecule has 0 fully saturated rings. The van der Waals surface area contributed by atoms with Gasteiger partial charge in [-0.1, -0.05) is 12.1 Å². The first-order valence-electron chi connectivity index (χ1n) is 6.62. The summed E-state index contributed by atoms with van der Waals surface area (Å²) >= 11 is 0. The molecule has 124 valence electrons. The largest absolute Gasteiger partial charge is 0.497 e. The highest BCUT2D eigenvalue weighted by atomic mass is 32.2. The highest BCUT2D eigenvalue weighted by Crippen LogP contribution is 2.20. The normalized spacial score (nSPS) is 13.0. The fraction of sp³-hybridized carbons (Fsp3) is 0.500. The quantitative estimate of drug-likeness (QED) is 0.745. The van der Waals surface area contributed by atoms with E-state index < -0.39 is 15.9 Å². The van der Waals surface area contributed by atoms with E-state index in [0.29, 0.717) is 5.75 Å². The minimum Gasteiger partial charge on any atom is -0.497 e. The zero-order valence-corrected chi connectivity index (χ0v) is 14.0. The van der Waals surface area contributed by atoms with E-state index in [9.17, 15) is 13.2 Å². The Labute approximate surface area is 131 Å². The van der Waals surface area contributed by atoms with Crippen LogP contribution in [0.2, 0.25) is 0 Å². The summed E-state index contributed by atoms with van der Waals surface area (Å²) in [6.45, 7) is 0.00742. The molecule has 7 nitrogen and oxygen atoms in total. The van der Waals surface area contributed by atoms with Crippen LogP contribution in [0, 0.1) is 0 Å². The molecule has 0 heterocycles. The molecule has 22 heavy (non-hydrogen) atoms. The van der Waals surface area contributed by atoms with Gasteiger partial charge in [0.15, 0.2) is 0 Å². The van der Waals surface area contributed by atoms with Gasteiger partial charge in [0.1, 0.15) is 5.75 Å². The summed E-state index contributed by atoms with van der Waals surface area (Å²) in [7, 11) is 1.09. The number of amides is 1. The van der Waals surface area contributed by atoms with Gasteiger partial charge in [-0.25, -0.2) is 8.42 Å². The van der Waals surface area contributed by atoms with Crippen LogP contribution < -0.4 is 10.1 Å². The van der Waals surface area contributed by atoms with Gasteiger partial charge < -0.3 is 14.8 Å². The Balaban J connectivity index is 2.62. The molecule has 0 saturated carbocycles. The van der Waals surface area contributed by atoms with Crippen LogP contribution in [-0.4, -0.2) is 59.2 Å². The van der Waals surface area contributed by atoms with Crippen molar-refractivity contribution in [3.05, 3.63) is 29.8 Å². The number of rotatable bonds is 8. The van der Waals surface area contributed by atoms with Crippen LogP contribution in [0.25, 0.3) is 0 Å². The van der Waals surface area contributed by atoms with Gasteiger partial charge in [-0.15, -0.1) is 0 Å². The molecule has 1 unspecified atom stereocenters. The topological polar surface area (TPSA) is 84.9 Å². The van der Waals surface area contributed by atoms with Crippen LogP contribution in [-0.2, 0) is 19.6 Å². The van der Waals surface area contributed by atoms with Crippen molar-refractivity contribution in [2.24, 2.45) is 0 Å². The minimum absolute atomic E-state index is 0.229. The Hall–Kier alpha value is -1.64. The molecule has 0 aromatic heterocycles. The predicted octanol–water partition coefficient (Wildman–Crippen LogP) is 0.390. The van der Waals surface area contributed by atoms with Crippen molar-refractivity contribution in [2.45, 2.75) is 6.10 Å². The molecule has 0 aliphatic carbocycles. The van der Waals surface area contributed by atoms with E-state index in [1.54, 1.807) is 14.2 Å². The molecule has 1 amide bonds. The maximum absolute atomic E-state index is 11.8. The number of hydrogen-bond acceptors (Lipinski definition) is 5. The van der Waals surface area contributed by atoms with Gasteiger partial charge in [0.25, 0.3) is 0 Å². The molecule has 0 radical (unpaired) electrons. The lowest BCUT2D eigenvalue weighted by molar-refractivity contribution is -0.121. The second-order valence-corrected chi connectivity index (χ2v) is 6.91. The molecule has 0 bridgehead atoms. The molecular weight excluding hydrogens is 308 g/mol. The van der Waals surface area contributed by atoms with Gasteiger partial charge in [0.05, 0.1) is 26.0 Å². The standard InChI is InChI=1S/C14H22N2O5S/c1-16(22(4,18)19)10-14(17)15-9-13(21-3)11-6-5-7-12(8-11)20-2/h5-8,13H,9-10H2,1-4H3,(H,15,17). The Morgan fingerprint density at radius 1 is 1.36 bits per heavy atom. The van der Waals surface area contributed by atoms with Crippen molar-refractivity contribution >= 4 is 15.9 Å². The van der Waals surface area contributed by atoms with Crippen LogP contribution in [0.5, 0.6) is 5.75 Å². The summed E-state index contributed by atoms with van der Waals surface area (Å²) in [5.41, 5.74) is 0.860. The predicted molar refractivity (Wildman–Crippen MR) is 83.2 cm³/mol. The molecule has 0 aliphatic rings. The fourth-order valence-electron chi connectivity index (χ4n) is 1.76. The molecule has 1 N–H and O–H groups in total. The van der Waals surface area contributed by atoms with E-state index in [0.717, 1.165) is 16.1 Å². The Kier molecular flexibility index (Phi) is 6.79.